The standard InChI is InChI=1S/C21H23FN2O4/c22-18-9-16(25)10-19-20(18)21(27)24(7-8-28-19)13-17(26)12-23-6-5-14-3-1-2-4-15(14)11-23/h1-4,9-10,17,25-26H,5-8,11-13H2/t17-/m1/s1. The van der Waals surface area contributed by atoms with Gasteiger partial charge in [0.05, 0.1) is 12.6 Å². The number of nitrogens with zero attached hydrogens (tertiary/aromatic N) is 2. The van der Waals surface area contributed by atoms with Crippen LogP contribution in [0.2, 0.25) is 0 Å². The second kappa shape index (κ2) is 7.77. The zero-order chi connectivity index (χ0) is 19.7. The molecule has 2 aromatic carbocycles. The van der Waals surface area contributed by atoms with Gasteiger partial charge in [0.1, 0.15) is 29.5 Å². The van der Waals surface area contributed by atoms with Gasteiger partial charge in [-0.15, -0.1) is 0 Å². The number of carbonyl (C=O) groups is 1. The first-order valence-corrected chi connectivity index (χ1v) is 9.43. The number of benzene rings is 2. The summed E-state index contributed by atoms with van der Waals surface area (Å²) >= 11 is 0. The van der Waals surface area contributed by atoms with Crippen molar-refractivity contribution in [1.29, 1.82) is 0 Å². The number of hydrogen-bond acceptors (Lipinski definition) is 5. The summed E-state index contributed by atoms with van der Waals surface area (Å²) < 4.78 is 19.7. The number of halogens is 1. The normalized spacial score (nSPS) is 18.1. The third-order valence-corrected chi connectivity index (χ3v) is 5.27. The lowest BCUT2D eigenvalue weighted by molar-refractivity contribution is 0.0498. The van der Waals surface area contributed by atoms with Crippen molar-refractivity contribution in [3.8, 4) is 11.5 Å². The SMILES string of the molecule is O=C1c2c(F)cc(O)cc2OCCN1C[C@H](O)CN1CCc2ccccc2C1. The molecule has 0 spiro atoms. The summed E-state index contributed by atoms with van der Waals surface area (Å²) in [6.07, 6.45) is 0.178. The van der Waals surface area contributed by atoms with Crippen molar-refractivity contribution >= 4 is 5.91 Å². The van der Waals surface area contributed by atoms with E-state index in [0.717, 1.165) is 25.6 Å². The van der Waals surface area contributed by atoms with E-state index >= 15 is 0 Å². The van der Waals surface area contributed by atoms with Crippen LogP contribution in [0.1, 0.15) is 21.5 Å². The largest absolute Gasteiger partial charge is 0.508 e. The van der Waals surface area contributed by atoms with Crippen molar-refractivity contribution in [2.45, 2.75) is 19.1 Å². The predicted molar refractivity (Wildman–Crippen MR) is 101 cm³/mol. The summed E-state index contributed by atoms with van der Waals surface area (Å²) in [5, 5.41) is 20.1. The Morgan fingerprint density at radius 1 is 1.14 bits per heavy atom. The summed E-state index contributed by atoms with van der Waals surface area (Å²) in [6, 6.07) is 10.4. The minimum atomic E-state index is -0.825. The number of ether oxygens (including phenoxy) is 1. The molecule has 2 aliphatic heterocycles. The minimum absolute atomic E-state index is 0.0344. The molecule has 0 aromatic heterocycles. The van der Waals surface area contributed by atoms with Gasteiger partial charge in [0, 0.05) is 38.3 Å². The number of amides is 1. The zero-order valence-corrected chi connectivity index (χ0v) is 15.5. The fraction of sp³-hybridized carbons (Fsp3) is 0.381. The molecule has 148 valence electrons. The van der Waals surface area contributed by atoms with Crippen LogP contribution in [-0.2, 0) is 13.0 Å². The van der Waals surface area contributed by atoms with Crippen molar-refractivity contribution in [1.82, 2.24) is 9.80 Å². The summed E-state index contributed by atoms with van der Waals surface area (Å²) in [6.45, 7) is 2.56. The van der Waals surface area contributed by atoms with Crippen LogP contribution in [0.15, 0.2) is 36.4 Å². The van der Waals surface area contributed by atoms with E-state index in [9.17, 15) is 19.4 Å². The molecule has 6 nitrogen and oxygen atoms in total. The molecular formula is C21H23FN2O4. The van der Waals surface area contributed by atoms with Crippen molar-refractivity contribution in [2.75, 3.05) is 32.8 Å². The Morgan fingerprint density at radius 3 is 2.75 bits per heavy atom. The van der Waals surface area contributed by atoms with E-state index in [4.69, 9.17) is 4.74 Å². The highest BCUT2D eigenvalue weighted by atomic mass is 19.1. The third-order valence-electron chi connectivity index (χ3n) is 5.27. The van der Waals surface area contributed by atoms with Gasteiger partial charge in [-0.05, 0) is 17.5 Å². The van der Waals surface area contributed by atoms with Crippen LogP contribution in [0.5, 0.6) is 11.5 Å². The first-order chi connectivity index (χ1) is 13.5. The summed E-state index contributed by atoms with van der Waals surface area (Å²) in [5.74, 6) is -1.61. The number of carbonyl (C=O) groups excluding carboxylic acids is 1. The molecule has 1 amide bonds. The van der Waals surface area contributed by atoms with Gasteiger partial charge < -0.3 is 19.8 Å². The van der Waals surface area contributed by atoms with Crippen molar-refractivity contribution < 1.29 is 24.1 Å². The maximum atomic E-state index is 14.2. The number of hydrogen-bond donors (Lipinski definition) is 2. The molecule has 1 atom stereocenters. The Bertz CT molecular complexity index is 889. The smallest absolute Gasteiger partial charge is 0.260 e. The topological polar surface area (TPSA) is 73.2 Å². The number of rotatable bonds is 4. The highest BCUT2D eigenvalue weighted by Crippen LogP contribution is 2.30. The third kappa shape index (κ3) is 3.81. The van der Waals surface area contributed by atoms with Crippen LogP contribution in [0.25, 0.3) is 0 Å². The molecule has 0 fully saturated rings. The molecule has 0 saturated carbocycles. The number of phenolic OH excluding ortho intramolecular Hbond substituents is 1. The molecule has 0 radical (unpaired) electrons. The lowest BCUT2D eigenvalue weighted by Crippen LogP contribution is -2.44. The molecule has 0 saturated heterocycles. The van der Waals surface area contributed by atoms with E-state index in [1.165, 1.54) is 22.1 Å². The Kier molecular flexibility index (Phi) is 5.19. The quantitative estimate of drug-likeness (QED) is 0.838. The summed E-state index contributed by atoms with van der Waals surface area (Å²) in [7, 11) is 0. The summed E-state index contributed by atoms with van der Waals surface area (Å²) in [5.41, 5.74) is 2.40. The van der Waals surface area contributed by atoms with Crippen LogP contribution in [0.3, 0.4) is 0 Å². The number of phenols is 1. The number of fused-ring (bicyclic) bond motifs is 2. The molecule has 2 N–H and O–H groups in total. The highest BCUT2D eigenvalue weighted by Gasteiger charge is 2.29. The van der Waals surface area contributed by atoms with Gasteiger partial charge in [-0.25, -0.2) is 4.39 Å². The highest BCUT2D eigenvalue weighted by molar-refractivity contribution is 5.97. The Labute approximate surface area is 162 Å². The molecule has 0 aliphatic carbocycles. The Morgan fingerprint density at radius 2 is 1.93 bits per heavy atom. The Hall–Kier alpha value is -2.64. The van der Waals surface area contributed by atoms with Gasteiger partial charge in [-0.1, -0.05) is 24.3 Å². The van der Waals surface area contributed by atoms with E-state index in [1.807, 2.05) is 12.1 Å². The molecule has 2 aromatic rings. The predicted octanol–water partition coefficient (Wildman–Crippen LogP) is 1.79. The monoisotopic (exact) mass is 386 g/mol. The van der Waals surface area contributed by atoms with Crippen LogP contribution in [0.4, 0.5) is 4.39 Å². The van der Waals surface area contributed by atoms with E-state index in [1.54, 1.807) is 0 Å². The number of aliphatic hydroxyl groups excluding tert-OH is 1. The Balaban J connectivity index is 1.42. The average Bonchev–Trinajstić information content (AvgIpc) is 2.80. The van der Waals surface area contributed by atoms with E-state index in [-0.39, 0.29) is 36.8 Å². The summed E-state index contributed by atoms with van der Waals surface area (Å²) in [4.78, 5) is 16.3. The molecule has 0 unspecified atom stereocenters. The molecule has 4 rings (SSSR count). The van der Waals surface area contributed by atoms with E-state index < -0.39 is 17.8 Å². The molecule has 0 bridgehead atoms. The van der Waals surface area contributed by atoms with Gasteiger partial charge in [-0.3, -0.25) is 9.69 Å². The molecule has 2 aliphatic rings. The van der Waals surface area contributed by atoms with E-state index in [0.29, 0.717) is 6.54 Å². The minimum Gasteiger partial charge on any atom is -0.508 e. The second-order valence-corrected chi connectivity index (χ2v) is 7.31. The number of β-amino-alcohol motifs (C(OH)–C–C–N with tert-alkyl or cyclic N) is 1. The van der Waals surface area contributed by atoms with Crippen LogP contribution < -0.4 is 4.74 Å². The van der Waals surface area contributed by atoms with Gasteiger partial charge in [0.2, 0.25) is 0 Å². The van der Waals surface area contributed by atoms with Crippen molar-refractivity contribution in [3.05, 3.63) is 58.9 Å². The maximum Gasteiger partial charge on any atom is 0.260 e. The second-order valence-electron chi connectivity index (χ2n) is 7.31. The number of aromatic hydroxyl groups is 1. The molecule has 7 heteroatoms. The van der Waals surface area contributed by atoms with Gasteiger partial charge in [-0.2, -0.15) is 0 Å². The maximum absolute atomic E-state index is 14.2. The number of aliphatic hydroxyl groups is 1. The van der Waals surface area contributed by atoms with Crippen molar-refractivity contribution in [2.24, 2.45) is 0 Å². The fourth-order valence-electron chi connectivity index (χ4n) is 3.91. The van der Waals surface area contributed by atoms with E-state index in [2.05, 4.69) is 17.0 Å². The average molecular weight is 386 g/mol. The van der Waals surface area contributed by atoms with Gasteiger partial charge in [0.25, 0.3) is 5.91 Å². The van der Waals surface area contributed by atoms with Crippen LogP contribution >= 0.6 is 0 Å². The first-order valence-electron chi connectivity index (χ1n) is 9.43. The van der Waals surface area contributed by atoms with Gasteiger partial charge >= 0.3 is 0 Å². The molecule has 28 heavy (non-hydrogen) atoms. The molecule has 2 heterocycles. The molecular weight excluding hydrogens is 363 g/mol. The fourth-order valence-corrected chi connectivity index (χ4v) is 3.91. The first kappa shape index (κ1) is 18.7. The van der Waals surface area contributed by atoms with Crippen LogP contribution in [-0.4, -0.2) is 64.8 Å². The van der Waals surface area contributed by atoms with Gasteiger partial charge in [0.15, 0.2) is 0 Å². The zero-order valence-electron chi connectivity index (χ0n) is 15.5. The lowest BCUT2D eigenvalue weighted by Gasteiger charge is -2.32. The van der Waals surface area contributed by atoms with Crippen LogP contribution in [0, 0.1) is 5.82 Å². The van der Waals surface area contributed by atoms with Crippen molar-refractivity contribution in [3.63, 3.8) is 0 Å². The lowest BCUT2D eigenvalue weighted by atomic mass is 10.00.